The number of anilines is 1. The van der Waals surface area contributed by atoms with Crippen LogP contribution in [0.25, 0.3) is 6.08 Å². The summed E-state index contributed by atoms with van der Waals surface area (Å²) >= 11 is 0. The summed E-state index contributed by atoms with van der Waals surface area (Å²) in [5.41, 5.74) is 7.20. The second kappa shape index (κ2) is 5.67. The Kier molecular flexibility index (Phi) is 3.76. The SMILES string of the molecule is Nc1ccc(/C=C/C(=O)NCc2ncc[nH]2)cc1. The maximum absolute atomic E-state index is 11.5. The van der Waals surface area contributed by atoms with E-state index in [9.17, 15) is 4.79 Å². The molecule has 0 aliphatic rings. The van der Waals surface area contributed by atoms with Gasteiger partial charge in [-0.25, -0.2) is 4.98 Å². The van der Waals surface area contributed by atoms with Crippen LogP contribution in [0.4, 0.5) is 5.69 Å². The second-order valence-electron chi connectivity index (χ2n) is 3.75. The Morgan fingerprint density at radius 1 is 1.39 bits per heavy atom. The van der Waals surface area contributed by atoms with E-state index in [1.165, 1.54) is 6.08 Å². The molecule has 2 rings (SSSR count). The molecule has 0 unspecified atom stereocenters. The lowest BCUT2D eigenvalue weighted by molar-refractivity contribution is -0.116. The average molecular weight is 242 g/mol. The number of hydrogen-bond donors (Lipinski definition) is 3. The molecule has 0 bridgehead atoms. The first-order chi connectivity index (χ1) is 8.74. The predicted molar refractivity (Wildman–Crippen MR) is 70.3 cm³/mol. The van der Waals surface area contributed by atoms with Crippen LogP contribution in [0.5, 0.6) is 0 Å². The third-order valence-electron chi connectivity index (χ3n) is 2.35. The molecule has 2 aromatic rings. The number of nitrogens with one attached hydrogen (secondary N) is 2. The van der Waals surface area contributed by atoms with E-state index < -0.39 is 0 Å². The van der Waals surface area contributed by atoms with Gasteiger partial charge in [-0.3, -0.25) is 4.79 Å². The molecule has 92 valence electrons. The highest BCUT2D eigenvalue weighted by atomic mass is 16.1. The number of rotatable bonds is 4. The normalized spacial score (nSPS) is 10.7. The fraction of sp³-hybridized carbons (Fsp3) is 0.0769. The summed E-state index contributed by atoms with van der Waals surface area (Å²) in [6.45, 7) is 0.387. The van der Waals surface area contributed by atoms with Crippen molar-refractivity contribution >= 4 is 17.7 Å². The quantitative estimate of drug-likeness (QED) is 0.558. The third-order valence-corrected chi connectivity index (χ3v) is 2.35. The van der Waals surface area contributed by atoms with Gasteiger partial charge in [-0.05, 0) is 23.8 Å². The molecule has 1 aromatic heterocycles. The van der Waals surface area contributed by atoms with Gasteiger partial charge in [-0.1, -0.05) is 12.1 Å². The minimum absolute atomic E-state index is 0.164. The smallest absolute Gasteiger partial charge is 0.244 e. The topological polar surface area (TPSA) is 83.8 Å². The summed E-state index contributed by atoms with van der Waals surface area (Å²) in [6.07, 6.45) is 6.57. The highest BCUT2D eigenvalue weighted by Crippen LogP contribution is 2.06. The van der Waals surface area contributed by atoms with Gasteiger partial charge in [0, 0.05) is 24.2 Å². The number of hydrogen-bond acceptors (Lipinski definition) is 3. The summed E-state index contributed by atoms with van der Waals surface area (Å²) in [7, 11) is 0. The highest BCUT2D eigenvalue weighted by molar-refractivity contribution is 5.91. The Bertz CT molecular complexity index is 529. The fourth-order valence-corrected chi connectivity index (χ4v) is 1.40. The zero-order chi connectivity index (χ0) is 12.8. The van der Waals surface area contributed by atoms with E-state index in [1.54, 1.807) is 30.6 Å². The van der Waals surface area contributed by atoms with Crippen molar-refractivity contribution in [3.05, 3.63) is 54.1 Å². The molecule has 0 spiro atoms. The van der Waals surface area contributed by atoms with E-state index in [-0.39, 0.29) is 5.91 Å². The molecule has 0 aliphatic carbocycles. The van der Waals surface area contributed by atoms with E-state index in [4.69, 9.17) is 5.73 Å². The van der Waals surface area contributed by atoms with Crippen molar-refractivity contribution in [2.75, 3.05) is 5.73 Å². The molecule has 0 atom stereocenters. The standard InChI is InChI=1S/C13H14N4O/c14-11-4-1-10(2-5-11)3-6-13(18)17-9-12-15-7-8-16-12/h1-8H,9,14H2,(H,15,16)(H,17,18)/b6-3+. The number of amides is 1. The molecule has 0 radical (unpaired) electrons. The van der Waals surface area contributed by atoms with E-state index in [1.807, 2.05) is 12.1 Å². The first-order valence-corrected chi connectivity index (χ1v) is 5.54. The summed E-state index contributed by atoms with van der Waals surface area (Å²) < 4.78 is 0. The number of H-pyrrole nitrogens is 1. The van der Waals surface area contributed by atoms with Crippen LogP contribution in [0.2, 0.25) is 0 Å². The number of benzene rings is 1. The number of carbonyl (C=O) groups is 1. The molecule has 1 heterocycles. The van der Waals surface area contributed by atoms with E-state index in [0.29, 0.717) is 12.2 Å². The number of imidazole rings is 1. The van der Waals surface area contributed by atoms with Crippen LogP contribution in [-0.4, -0.2) is 15.9 Å². The van der Waals surface area contributed by atoms with E-state index in [0.717, 1.165) is 11.4 Å². The maximum atomic E-state index is 11.5. The van der Waals surface area contributed by atoms with Gasteiger partial charge in [-0.15, -0.1) is 0 Å². The van der Waals surface area contributed by atoms with Gasteiger partial charge in [0.2, 0.25) is 5.91 Å². The highest BCUT2D eigenvalue weighted by Gasteiger charge is 1.97. The zero-order valence-electron chi connectivity index (χ0n) is 9.76. The number of aromatic amines is 1. The minimum Gasteiger partial charge on any atom is -0.399 e. The van der Waals surface area contributed by atoms with Crippen LogP contribution in [0.15, 0.2) is 42.7 Å². The molecule has 5 heteroatoms. The first kappa shape index (κ1) is 11.9. The van der Waals surface area contributed by atoms with Gasteiger partial charge < -0.3 is 16.0 Å². The summed E-state index contributed by atoms with van der Waals surface area (Å²) in [6, 6.07) is 7.29. The van der Waals surface area contributed by atoms with Gasteiger partial charge in [0.1, 0.15) is 5.82 Å². The molecule has 1 amide bonds. The molecule has 5 nitrogen and oxygen atoms in total. The predicted octanol–water partition coefficient (Wildman–Crippen LogP) is 1.32. The Hall–Kier alpha value is -2.56. The monoisotopic (exact) mass is 242 g/mol. The van der Waals surface area contributed by atoms with Crippen LogP contribution < -0.4 is 11.1 Å². The second-order valence-corrected chi connectivity index (χ2v) is 3.75. The van der Waals surface area contributed by atoms with Crippen molar-refractivity contribution in [2.24, 2.45) is 0 Å². The van der Waals surface area contributed by atoms with Crippen molar-refractivity contribution in [3.8, 4) is 0 Å². The molecule has 18 heavy (non-hydrogen) atoms. The number of nitrogens with two attached hydrogens (primary N) is 1. The molecular formula is C13H14N4O. The summed E-state index contributed by atoms with van der Waals surface area (Å²) in [5, 5.41) is 2.72. The minimum atomic E-state index is -0.164. The zero-order valence-corrected chi connectivity index (χ0v) is 9.76. The Morgan fingerprint density at radius 3 is 2.83 bits per heavy atom. The van der Waals surface area contributed by atoms with Crippen molar-refractivity contribution < 1.29 is 4.79 Å². The van der Waals surface area contributed by atoms with Gasteiger partial charge in [0.25, 0.3) is 0 Å². The van der Waals surface area contributed by atoms with Gasteiger partial charge >= 0.3 is 0 Å². The van der Waals surface area contributed by atoms with Gasteiger partial charge in [0.15, 0.2) is 0 Å². The Balaban J connectivity index is 1.85. The fourth-order valence-electron chi connectivity index (χ4n) is 1.40. The molecule has 4 N–H and O–H groups in total. The lowest BCUT2D eigenvalue weighted by atomic mass is 10.2. The van der Waals surface area contributed by atoms with Crippen LogP contribution in [0.3, 0.4) is 0 Å². The molecular weight excluding hydrogens is 228 g/mol. The lowest BCUT2D eigenvalue weighted by Crippen LogP contribution is -2.20. The Morgan fingerprint density at radius 2 is 2.17 bits per heavy atom. The van der Waals surface area contributed by atoms with Gasteiger partial charge in [-0.2, -0.15) is 0 Å². The van der Waals surface area contributed by atoms with Crippen LogP contribution in [-0.2, 0) is 11.3 Å². The number of carbonyl (C=O) groups excluding carboxylic acids is 1. The number of aromatic nitrogens is 2. The van der Waals surface area contributed by atoms with Crippen molar-refractivity contribution in [1.29, 1.82) is 0 Å². The van der Waals surface area contributed by atoms with E-state index in [2.05, 4.69) is 15.3 Å². The molecule has 0 fully saturated rings. The molecule has 0 saturated carbocycles. The van der Waals surface area contributed by atoms with E-state index >= 15 is 0 Å². The van der Waals surface area contributed by atoms with Crippen LogP contribution in [0, 0.1) is 0 Å². The largest absolute Gasteiger partial charge is 0.399 e. The molecule has 1 aromatic carbocycles. The molecule has 0 aliphatic heterocycles. The van der Waals surface area contributed by atoms with Crippen LogP contribution in [0.1, 0.15) is 11.4 Å². The molecule has 0 saturated heterocycles. The van der Waals surface area contributed by atoms with Crippen molar-refractivity contribution in [3.63, 3.8) is 0 Å². The number of nitrogens with zero attached hydrogens (tertiary/aromatic N) is 1. The third kappa shape index (κ3) is 3.48. The first-order valence-electron chi connectivity index (χ1n) is 5.54. The lowest BCUT2D eigenvalue weighted by Gasteiger charge is -1.98. The summed E-state index contributed by atoms with van der Waals surface area (Å²) in [4.78, 5) is 18.4. The summed E-state index contributed by atoms with van der Waals surface area (Å²) in [5.74, 6) is 0.562. The van der Waals surface area contributed by atoms with Crippen LogP contribution >= 0.6 is 0 Å². The average Bonchev–Trinajstić information content (AvgIpc) is 2.89. The Labute approximate surface area is 105 Å². The van der Waals surface area contributed by atoms with Crippen molar-refractivity contribution in [2.45, 2.75) is 6.54 Å². The maximum Gasteiger partial charge on any atom is 0.244 e. The van der Waals surface area contributed by atoms with Crippen molar-refractivity contribution in [1.82, 2.24) is 15.3 Å². The number of nitrogen functional groups attached to an aromatic ring is 1. The van der Waals surface area contributed by atoms with Gasteiger partial charge in [0.05, 0.1) is 6.54 Å².